The van der Waals surface area contributed by atoms with Crippen molar-refractivity contribution in [3.05, 3.63) is 23.2 Å². The van der Waals surface area contributed by atoms with Gasteiger partial charge in [-0.2, -0.15) is 0 Å². The third kappa shape index (κ3) is 3.08. The Kier molecular flexibility index (Phi) is 3.81. The molecule has 0 bridgehead atoms. The SMILES string of the molecule is Cc1oc(C(=O)O)cc1CNC1CCOCC1. The molecule has 0 unspecified atom stereocenters. The van der Waals surface area contributed by atoms with Crippen molar-refractivity contribution >= 4 is 5.97 Å². The van der Waals surface area contributed by atoms with E-state index in [4.69, 9.17) is 14.3 Å². The molecule has 5 nitrogen and oxygen atoms in total. The molecule has 0 aromatic carbocycles. The molecule has 1 saturated heterocycles. The average Bonchev–Trinajstić information content (AvgIpc) is 2.70. The number of aromatic carboxylic acids is 1. The number of rotatable bonds is 4. The van der Waals surface area contributed by atoms with Crippen molar-refractivity contribution in [2.75, 3.05) is 13.2 Å². The summed E-state index contributed by atoms with van der Waals surface area (Å²) in [4.78, 5) is 10.7. The van der Waals surface area contributed by atoms with Crippen LogP contribution in [0, 0.1) is 6.92 Å². The van der Waals surface area contributed by atoms with Crippen LogP contribution in [0.4, 0.5) is 0 Å². The van der Waals surface area contributed by atoms with Crippen molar-refractivity contribution < 1.29 is 19.1 Å². The standard InChI is InChI=1S/C12H17NO4/c1-8-9(6-11(17-8)12(14)15)7-13-10-2-4-16-5-3-10/h6,10,13H,2-5,7H2,1H3,(H,14,15). The number of nitrogens with one attached hydrogen (secondary N) is 1. The van der Waals surface area contributed by atoms with Gasteiger partial charge in [0.05, 0.1) is 0 Å². The van der Waals surface area contributed by atoms with Gasteiger partial charge in [0.15, 0.2) is 0 Å². The summed E-state index contributed by atoms with van der Waals surface area (Å²) >= 11 is 0. The van der Waals surface area contributed by atoms with Crippen LogP contribution in [0.1, 0.15) is 34.7 Å². The van der Waals surface area contributed by atoms with Crippen LogP contribution in [0.5, 0.6) is 0 Å². The zero-order valence-electron chi connectivity index (χ0n) is 9.86. The molecule has 0 aliphatic carbocycles. The lowest BCUT2D eigenvalue weighted by Gasteiger charge is -2.23. The van der Waals surface area contributed by atoms with Crippen molar-refractivity contribution in [1.82, 2.24) is 5.32 Å². The molecule has 1 aliphatic rings. The quantitative estimate of drug-likeness (QED) is 0.834. The minimum atomic E-state index is -1.02. The highest BCUT2D eigenvalue weighted by Gasteiger charge is 2.16. The zero-order chi connectivity index (χ0) is 12.3. The highest BCUT2D eigenvalue weighted by Crippen LogP contribution is 2.15. The zero-order valence-corrected chi connectivity index (χ0v) is 9.86. The molecule has 1 fully saturated rings. The predicted octanol–water partition coefficient (Wildman–Crippen LogP) is 1.55. The van der Waals surface area contributed by atoms with Crippen molar-refractivity contribution in [3.8, 4) is 0 Å². The Morgan fingerprint density at radius 1 is 1.53 bits per heavy atom. The van der Waals surface area contributed by atoms with Gasteiger partial charge in [-0.25, -0.2) is 4.79 Å². The third-order valence-corrected chi connectivity index (χ3v) is 3.03. The fourth-order valence-corrected chi connectivity index (χ4v) is 1.96. The van der Waals surface area contributed by atoms with Crippen LogP contribution in [0.2, 0.25) is 0 Å². The van der Waals surface area contributed by atoms with Crippen LogP contribution >= 0.6 is 0 Å². The second kappa shape index (κ2) is 5.33. The van der Waals surface area contributed by atoms with Crippen LogP contribution in [-0.2, 0) is 11.3 Å². The molecule has 2 rings (SSSR count). The summed E-state index contributed by atoms with van der Waals surface area (Å²) in [5, 5.41) is 12.2. The van der Waals surface area contributed by atoms with Crippen LogP contribution in [0.3, 0.4) is 0 Å². The minimum Gasteiger partial charge on any atom is -0.475 e. The fraction of sp³-hybridized carbons (Fsp3) is 0.583. The normalized spacial score (nSPS) is 17.2. The van der Waals surface area contributed by atoms with E-state index >= 15 is 0 Å². The van der Waals surface area contributed by atoms with Gasteiger partial charge in [0.2, 0.25) is 5.76 Å². The number of carboxylic acid groups (broad SMARTS) is 1. The van der Waals surface area contributed by atoms with E-state index in [0.717, 1.165) is 31.6 Å². The van der Waals surface area contributed by atoms with E-state index in [2.05, 4.69) is 5.32 Å². The van der Waals surface area contributed by atoms with Crippen LogP contribution in [0.25, 0.3) is 0 Å². The first kappa shape index (κ1) is 12.1. The lowest BCUT2D eigenvalue weighted by molar-refractivity contribution is 0.0661. The van der Waals surface area contributed by atoms with Crippen molar-refractivity contribution in [2.24, 2.45) is 0 Å². The number of hydrogen-bond donors (Lipinski definition) is 2. The molecule has 17 heavy (non-hydrogen) atoms. The molecule has 1 aromatic heterocycles. The molecule has 1 aliphatic heterocycles. The third-order valence-electron chi connectivity index (χ3n) is 3.03. The summed E-state index contributed by atoms with van der Waals surface area (Å²) in [6.45, 7) is 4.02. The van der Waals surface area contributed by atoms with E-state index in [-0.39, 0.29) is 5.76 Å². The van der Waals surface area contributed by atoms with Crippen LogP contribution in [-0.4, -0.2) is 30.3 Å². The summed E-state index contributed by atoms with van der Waals surface area (Å²) in [6.07, 6.45) is 2.01. The maximum Gasteiger partial charge on any atom is 0.371 e. The van der Waals surface area contributed by atoms with E-state index in [1.807, 2.05) is 0 Å². The number of hydrogen-bond acceptors (Lipinski definition) is 4. The monoisotopic (exact) mass is 239 g/mol. The predicted molar refractivity (Wildman–Crippen MR) is 61.1 cm³/mol. The van der Waals surface area contributed by atoms with Gasteiger partial charge in [0.1, 0.15) is 5.76 Å². The Hall–Kier alpha value is -1.33. The maximum absolute atomic E-state index is 10.7. The van der Waals surface area contributed by atoms with E-state index in [0.29, 0.717) is 18.3 Å². The number of carbonyl (C=O) groups is 1. The highest BCUT2D eigenvalue weighted by molar-refractivity contribution is 5.84. The number of carboxylic acids is 1. The Balaban J connectivity index is 1.91. The Labute approximate surface area is 99.8 Å². The van der Waals surface area contributed by atoms with Gasteiger partial charge in [0, 0.05) is 31.4 Å². The van der Waals surface area contributed by atoms with Gasteiger partial charge in [-0.15, -0.1) is 0 Å². The molecule has 1 aromatic rings. The molecule has 2 heterocycles. The second-order valence-electron chi connectivity index (χ2n) is 4.26. The number of ether oxygens (including phenoxy) is 1. The molecule has 0 radical (unpaired) electrons. The van der Waals surface area contributed by atoms with Gasteiger partial charge < -0.3 is 19.6 Å². The van der Waals surface area contributed by atoms with Gasteiger partial charge in [-0.1, -0.05) is 0 Å². The number of aryl methyl sites for hydroxylation is 1. The molecule has 0 spiro atoms. The Morgan fingerprint density at radius 2 is 2.24 bits per heavy atom. The fourth-order valence-electron chi connectivity index (χ4n) is 1.96. The van der Waals surface area contributed by atoms with Crippen LogP contribution < -0.4 is 5.32 Å². The summed E-state index contributed by atoms with van der Waals surface area (Å²) in [5.41, 5.74) is 0.911. The largest absolute Gasteiger partial charge is 0.475 e. The number of furan rings is 1. The second-order valence-corrected chi connectivity index (χ2v) is 4.26. The van der Waals surface area contributed by atoms with E-state index in [1.54, 1.807) is 13.0 Å². The van der Waals surface area contributed by atoms with E-state index in [9.17, 15) is 4.79 Å². The molecule has 0 saturated carbocycles. The summed E-state index contributed by atoms with van der Waals surface area (Å²) in [6, 6.07) is 2.04. The van der Waals surface area contributed by atoms with E-state index < -0.39 is 5.97 Å². The molecule has 0 atom stereocenters. The molecular formula is C12H17NO4. The van der Waals surface area contributed by atoms with Gasteiger partial charge in [0.25, 0.3) is 0 Å². The minimum absolute atomic E-state index is 0.00581. The van der Waals surface area contributed by atoms with Crippen molar-refractivity contribution in [2.45, 2.75) is 32.4 Å². The molecular weight excluding hydrogens is 222 g/mol. The molecule has 2 N–H and O–H groups in total. The first-order valence-corrected chi connectivity index (χ1v) is 5.80. The summed E-state index contributed by atoms with van der Waals surface area (Å²) in [5.74, 6) is -0.348. The van der Waals surface area contributed by atoms with Crippen molar-refractivity contribution in [1.29, 1.82) is 0 Å². The first-order valence-electron chi connectivity index (χ1n) is 5.80. The Morgan fingerprint density at radius 3 is 2.82 bits per heavy atom. The van der Waals surface area contributed by atoms with Gasteiger partial charge in [-0.3, -0.25) is 0 Å². The topological polar surface area (TPSA) is 71.7 Å². The molecule has 0 amide bonds. The van der Waals surface area contributed by atoms with Crippen LogP contribution in [0.15, 0.2) is 10.5 Å². The maximum atomic E-state index is 10.7. The van der Waals surface area contributed by atoms with Gasteiger partial charge in [-0.05, 0) is 25.8 Å². The van der Waals surface area contributed by atoms with Crippen molar-refractivity contribution in [3.63, 3.8) is 0 Å². The molecule has 5 heteroatoms. The lowest BCUT2D eigenvalue weighted by atomic mass is 10.1. The first-order chi connectivity index (χ1) is 8.16. The average molecular weight is 239 g/mol. The lowest BCUT2D eigenvalue weighted by Crippen LogP contribution is -2.34. The Bertz CT molecular complexity index is 393. The highest BCUT2D eigenvalue weighted by atomic mass is 16.5. The molecule has 94 valence electrons. The summed E-state index contributed by atoms with van der Waals surface area (Å²) in [7, 11) is 0. The van der Waals surface area contributed by atoms with E-state index in [1.165, 1.54) is 0 Å². The van der Waals surface area contributed by atoms with Gasteiger partial charge >= 0.3 is 5.97 Å². The summed E-state index contributed by atoms with van der Waals surface area (Å²) < 4.78 is 10.4. The smallest absolute Gasteiger partial charge is 0.371 e.